The second-order valence-electron chi connectivity index (χ2n) is 3.81. The van der Waals surface area contributed by atoms with Crippen molar-refractivity contribution in [2.45, 2.75) is 6.54 Å². The van der Waals surface area contributed by atoms with Gasteiger partial charge in [0.1, 0.15) is 5.75 Å². The first-order chi connectivity index (χ1) is 8.56. The van der Waals surface area contributed by atoms with E-state index in [0.29, 0.717) is 23.9 Å². The molecule has 0 aromatic heterocycles. The van der Waals surface area contributed by atoms with Crippen LogP contribution in [0, 0.1) is 0 Å². The number of carboxylic acids is 1. The van der Waals surface area contributed by atoms with Crippen LogP contribution in [0.4, 0.5) is 0 Å². The van der Waals surface area contributed by atoms with E-state index in [1.807, 2.05) is 0 Å². The molecule has 0 unspecified atom stereocenters. The van der Waals surface area contributed by atoms with Crippen molar-refractivity contribution in [2.24, 2.45) is 0 Å². The van der Waals surface area contributed by atoms with Crippen LogP contribution in [-0.4, -0.2) is 36.2 Å². The van der Waals surface area contributed by atoms with Gasteiger partial charge in [-0.1, -0.05) is 17.7 Å². The fourth-order valence-corrected chi connectivity index (χ4v) is 1.87. The molecule has 4 nitrogen and oxygen atoms in total. The predicted octanol–water partition coefficient (Wildman–Crippen LogP) is 2.42. The SMILES string of the molecule is C=CCN(CC(=O)O)Cc1cc(Cl)ccc1OC. The largest absolute Gasteiger partial charge is 0.496 e. The maximum atomic E-state index is 10.8. The van der Waals surface area contributed by atoms with Gasteiger partial charge >= 0.3 is 5.97 Å². The second-order valence-corrected chi connectivity index (χ2v) is 4.24. The molecule has 0 aliphatic heterocycles. The van der Waals surface area contributed by atoms with Crippen molar-refractivity contribution in [3.8, 4) is 5.75 Å². The molecule has 1 N–H and O–H groups in total. The summed E-state index contributed by atoms with van der Waals surface area (Å²) in [5.74, 6) is -0.184. The van der Waals surface area contributed by atoms with Gasteiger partial charge in [0.05, 0.1) is 13.7 Å². The van der Waals surface area contributed by atoms with E-state index in [2.05, 4.69) is 6.58 Å². The standard InChI is InChI=1S/C13H16ClNO3/c1-3-6-15(9-13(16)17)8-10-7-11(14)4-5-12(10)18-2/h3-5,7H,1,6,8-9H2,2H3,(H,16,17). The Balaban J connectivity index is 2.87. The summed E-state index contributed by atoms with van der Waals surface area (Å²) in [5, 5.41) is 9.43. The fraction of sp³-hybridized carbons (Fsp3) is 0.308. The Labute approximate surface area is 111 Å². The zero-order valence-electron chi connectivity index (χ0n) is 10.2. The van der Waals surface area contributed by atoms with Crippen molar-refractivity contribution in [3.63, 3.8) is 0 Å². The molecule has 0 atom stereocenters. The van der Waals surface area contributed by atoms with Crippen molar-refractivity contribution in [3.05, 3.63) is 41.4 Å². The molecule has 0 saturated heterocycles. The van der Waals surface area contributed by atoms with Crippen LogP contribution < -0.4 is 4.74 Å². The minimum Gasteiger partial charge on any atom is -0.496 e. The summed E-state index contributed by atoms with van der Waals surface area (Å²) in [7, 11) is 1.57. The minimum absolute atomic E-state index is 0.0539. The Bertz CT molecular complexity index is 434. The van der Waals surface area contributed by atoms with Gasteiger partial charge < -0.3 is 9.84 Å². The van der Waals surface area contributed by atoms with Crippen LogP contribution in [0.15, 0.2) is 30.9 Å². The Morgan fingerprint density at radius 3 is 2.89 bits per heavy atom. The number of carboxylic acid groups (broad SMARTS) is 1. The van der Waals surface area contributed by atoms with E-state index in [-0.39, 0.29) is 6.54 Å². The summed E-state index contributed by atoms with van der Waals surface area (Å²) in [6.45, 7) is 4.50. The summed E-state index contributed by atoms with van der Waals surface area (Å²) in [6.07, 6.45) is 1.67. The highest BCUT2D eigenvalue weighted by Crippen LogP contribution is 2.23. The molecular weight excluding hydrogens is 254 g/mol. The number of nitrogens with zero attached hydrogens (tertiary/aromatic N) is 1. The van der Waals surface area contributed by atoms with Gasteiger partial charge in [-0.25, -0.2) is 0 Å². The van der Waals surface area contributed by atoms with Crippen molar-refractivity contribution in [1.82, 2.24) is 4.90 Å². The first-order valence-electron chi connectivity index (χ1n) is 5.44. The van der Waals surface area contributed by atoms with E-state index in [1.54, 1.807) is 36.3 Å². The van der Waals surface area contributed by atoms with Gasteiger partial charge in [-0.15, -0.1) is 6.58 Å². The third-order valence-corrected chi connectivity index (χ3v) is 2.62. The van der Waals surface area contributed by atoms with E-state index in [9.17, 15) is 4.79 Å². The van der Waals surface area contributed by atoms with E-state index < -0.39 is 5.97 Å². The van der Waals surface area contributed by atoms with Gasteiger partial charge in [0.2, 0.25) is 0 Å². The lowest BCUT2D eigenvalue weighted by Crippen LogP contribution is -2.29. The van der Waals surface area contributed by atoms with Gasteiger partial charge in [0.15, 0.2) is 0 Å². The number of carbonyl (C=O) groups is 1. The first-order valence-corrected chi connectivity index (χ1v) is 5.82. The van der Waals surface area contributed by atoms with Gasteiger partial charge in [0, 0.05) is 23.7 Å². The minimum atomic E-state index is -0.877. The van der Waals surface area contributed by atoms with Crippen LogP contribution in [0.3, 0.4) is 0 Å². The molecule has 1 rings (SSSR count). The predicted molar refractivity (Wildman–Crippen MR) is 71.1 cm³/mol. The molecule has 0 spiro atoms. The number of hydrogen-bond donors (Lipinski definition) is 1. The number of methoxy groups -OCH3 is 1. The summed E-state index contributed by atoms with van der Waals surface area (Å²) >= 11 is 5.93. The van der Waals surface area contributed by atoms with Crippen LogP contribution >= 0.6 is 11.6 Å². The zero-order valence-corrected chi connectivity index (χ0v) is 11.0. The number of rotatable bonds is 7. The van der Waals surface area contributed by atoms with Crippen LogP contribution in [-0.2, 0) is 11.3 Å². The van der Waals surface area contributed by atoms with Crippen molar-refractivity contribution >= 4 is 17.6 Å². The van der Waals surface area contributed by atoms with Crippen LogP contribution in [0.5, 0.6) is 5.75 Å². The van der Waals surface area contributed by atoms with Crippen LogP contribution in [0.1, 0.15) is 5.56 Å². The monoisotopic (exact) mass is 269 g/mol. The third kappa shape index (κ3) is 4.39. The average Bonchev–Trinajstić information content (AvgIpc) is 2.28. The van der Waals surface area contributed by atoms with E-state index >= 15 is 0 Å². The number of benzene rings is 1. The molecule has 1 aromatic rings. The number of hydrogen-bond acceptors (Lipinski definition) is 3. The number of halogens is 1. The quantitative estimate of drug-likeness (QED) is 0.773. The highest BCUT2D eigenvalue weighted by atomic mass is 35.5. The fourth-order valence-electron chi connectivity index (χ4n) is 1.67. The number of aliphatic carboxylic acids is 1. The molecule has 1 aromatic carbocycles. The Morgan fingerprint density at radius 2 is 2.33 bits per heavy atom. The number of ether oxygens (including phenoxy) is 1. The van der Waals surface area contributed by atoms with Crippen LogP contribution in [0.25, 0.3) is 0 Å². The molecule has 0 heterocycles. The smallest absolute Gasteiger partial charge is 0.317 e. The summed E-state index contributed by atoms with van der Waals surface area (Å²) < 4.78 is 5.23. The normalized spacial score (nSPS) is 10.4. The zero-order chi connectivity index (χ0) is 13.5. The van der Waals surface area contributed by atoms with Gasteiger partial charge in [-0.3, -0.25) is 9.69 Å². The maximum absolute atomic E-state index is 10.8. The summed E-state index contributed by atoms with van der Waals surface area (Å²) in [6, 6.07) is 5.28. The maximum Gasteiger partial charge on any atom is 0.317 e. The summed E-state index contributed by atoms with van der Waals surface area (Å²) in [5.41, 5.74) is 0.855. The summed E-state index contributed by atoms with van der Waals surface area (Å²) in [4.78, 5) is 12.5. The highest BCUT2D eigenvalue weighted by molar-refractivity contribution is 6.30. The van der Waals surface area contributed by atoms with Gasteiger partial charge in [-0.05, 0) is 18.2 Å². The Morgan fingerprint density at radius 1 is 1.61 bits per heavy atom. The Hall–Kier alpha value is -1.52. The molecule has 0 bridgehead atoms. The van der Waals surface area contributed by atoms with Crippen molar-refractivity contribution < 1.29 is 14.6 Å². The molecule has 5 heteroatoms. The molecule has 0 aliphatic rings. The molecular formula is C13H16ClNO3. The third-order valence-electron chi connectivity index (χ3n) is 2.38. The molecule has 18 heavy (non-hydrogen) atoms. The Kier molecular flexibility index (Phi) is 5.68. The molecule has 0 radical (unpaired) electrons. The molecule has 98 valence electrons. The van der Waals surface area contributed by atoms with Gasteiger partial charge in [-0.2, -0.15) is 0 Å². The lowest BCUT2D eigenvalue weighted by molar-refractivity contribution is -0.138. The van der Waals surface area contributed by atoms with E-state index in [0.717, 1.165) is 5.56 Å². The highest BCUT2D eigenvalue weighted by Gasteiger charge is 2.12. The lowest BCUT2D eigenvalue weighted by Gasteiger charge is -2.20. The average molecular weight is 270 g/mol. The topological polar surface area (TPSA) is 49.8 Å². The van der Waals surface area contributed by atoms with E-state index in [1.165, 1.54) is 0 Å². The first kappa shape index (κ1) is 14.5. The second kappa shape index (κ2) is 7.03. The van der Waals surface area contributed by atoms with Crippen molar-refractivity contribution in [2.75, 3.05) is 20.2 Å². The molecule has 0 aliphatic carbocycles. The van der Waals surface area contributed by atoms with E-state index in [4.69, 9.17) is 21.4 Å². The lowest BCUT2D eigenvalue weighted by atomic mass is 10.2. The molecule has 0 saturated carbocycles. The molecule has 0 fully saturated rings. The van der Waals surface area contributed by atoms with Gasteiger partial charge in [0.25, 0.3) is 0 Å². The molecule has 0 amide bonds. The van der Waals surface area contributed by atoms with Crippen molar-refractivity contribution in [1.29, 1.82) is 0 Å². The van der Waals surface area contributed by atoms with Crippen LogP contribution in [0.2, 0.25) is 5.02 Å².